The second-order valence-electron chi connectivity index (χ2n) is 4.71. The van der Waals surface area contributed by atoms with Crippen LogP contribution in [0, 0.1) is 6.92 Å². The first-order valence-electron chi connectivity index (χ1n) is 6.77. The summed E-state index contributed by atoms with van der Waals surface area (Å²) < 4.78 is 1.99. The quantitative estimate of drug-likeness (QED) is 0.659. The maximum Gasteiger partial charge on any atom is 0.233 e. The molecule has 0 bridgehead atoms. The predicted molar refractivity (Wildman–Crippen MR) is 86.8 cm³/mol. The number of thioether (sulfide) groups is 1. The number of hydrogen-bond donors (Lipinski definition) is 1. The van der Waals surface area contributed by atoms with Gasteiger partial charge in [0, 0.05) is 24.6 Å². The van der Waals surface area contributed by atoms with Crippen LogP contribution in [0.2, 0.25) is 0 Å². The molecular weight excluding hydrogens is 282 g/mol. The van der Waals surface area contributed by atoms with E-state index in [4.69, 9.17) is 0 Å². The Morgan fingerprint density at radius 1 is 1.57 bits per heavy atom. The average molecular weight is 301 g/mol. The summed E-state index contributed by atoms with van der Waals surface area (Å²) in [5.41, 5.74) is 2.24. The Balaban J connectivity index is 2.14. The molecule has 0 aliphatic carbocycles. The highest BCUT2D eigenvalue weighted by molar-refractivity contribution is 8.00. The summed E-state index contributed by atoms with van der Waals surface area (Å²) in [5, 5.41) is 3.39. The van der Waals surface area contributed by atoms with E-state index in [0.717, 1.165) is 10.8 Å². The number of rotatable bonds is 6. The largest absolute Gasteiger partial charge is 0.352 e. The molecule has 0 saturated heterocycles. The van der Waals surface area contributed by atoms with Crippen molar-refractivity contribution in [3.8, 4) is 5.69 Å². The summed E-state index contributed by atoms with van der Waals surface area (Å²) in [7, 11) is 0. The van der Waals surface area contributed by atoms with E-state index in [1.54, 1.807) is 12.3 Å². The molecule has 21 heavy (non-hydrogen) atoms. The monoisotopic (exact) mass is 301 g/mol. The van der Waals surface area contributed by atoms with Gasteiger partial charge in [0.1, 0.15) is 0 Å². The molecule has 110 valence electrons. The van der Waals surface area contributed by atoms with Crippen LogP contribution in [0.4, 0.5) is 0 Å². The molecule has 0 unspecified atom stereocenters. The molecule has 2 rings (SSSR count). The summed E-state index contributed by atoms with van der Waals surface area (Å²) in [6.07, 6.45) is 5.33. The average Bonchev–Trinajstić information content (AvgIpc) is 2.92. The van der Waals surface area contributed by atoms with Crippen molar-refractivity contribution >= 4 is 17.7 Å². The zero-order chi connectivity index (χ0) is 15.2. The maximum atomic E-state index is 11.9. The molecule has 5 heteroatoms. The fourth-order valence-corrected chi connectivity index (χ4v) is 2.79. The number of benzene rings is 1. The molecule has 4 nitrogen and oxygen atoms in total. The Bertz CT molecular complexity index is 636. The molecule has 1 heterocycles. The van der Waals surface area contributed by atoms with E-state index in [1.165, 1.54) is 17.3 Å². The highest BCUT2D eigenvalue weighted by Gasteiger charge is 2.17. The van der Waals surface area contributed by atoms with Crippen LogP contribution in [-0.2, 0) is 4.79 Å². The van der Waals surface area contributed by atoms with Crippen molar-refractivity contribution in [3.63, 3.8) is 0 Å². The lowest BCUT2D eigenvalue weighted by molar-refractivity contribution is -0.120. The van der Waals surface area contributed by atoms with Gasteiger partial charge < -0.3 is 5.32 Å². The molecular formula is C16H19N3OS. The highest BCUT2D eigenvalue weighted by Crippen LogP contribution is 2.24. The van der Waals surface area contributed by atoms with E-state index in [1.807, 2.05) is 29.8 Å². The van der Waals surface area contributed by atoms with Gasteiger partial charge in [0.15, 0.2) is 5.16 Å². The smallest absolute Gasteiger partial charge is 0.233 e. The highest BCUT2D eigenvalue weighted by atomic mass is 32.2. The standard InChI is InChI=1S/C16H19N3OS/c1-4-8-17-15(20)13(3)21-16-18-9-10-19(16)14-7-5-6-12(2)11-14/h4-7,9-11,13H,1,8H2,2-3H3,(H,17,20)/t13-/m1/s1. The Kier molecular flexibility index (Phi) is 5.22. The summed E-state index contributed by atoms with van der Waals surface area (Å²) in [4.78, 5) is 16.3. The van der Waals surface area contributed by atoms with Crippen LogP contribution in [-0.4, -0.2) is 27.3 Å². The number of imidazole rings is 1. The van der Waals surface area contributed by atoms with Crippen LogP contribution in [0.3, 0.4) is 0 Å². The van der Waals surface area contributed by atoms with Crippen molar-refractivity contribution in [3.05, 3.63) is 54.9 Å². The van der Waals surface area contributed by atoms with Crippen LogP contribution >= 0.6 is 11.8 Å². The molecule has 1 amide bonds. The fourth-order valence-electron chi connectivity index (χ4n) is 1.88. The van der Waals surface area contributed by atoms with Crippen molar-refractivity contribution in [1.29, 1.82) is 0 Å². The Morgan fingerprint density at radius 2 is 2.38 bits per heavy atom. The Hall–Kier alpha value is -2.01. The first kappa shape index (κ1) is 15.4. The summed E-state index contributed by atoms with van der Waals surface area (Å²) in [5.74, 6) is -0.0151. The lowest BCUT2D eigenvalue weighted by Gasteiger charge is -2.12. The third kappa shape index (κ3) is 3.98. The molecule has 0 aliphatic heterocycles. The van der Waals surface area contributed by atoms with Crippen LogP contribution < -0.4 is 5.32 Å². The number of hydrogen-bond acceptors (Lipinski definition) is 3. The third-order valence-corrected chi connectivity index (χ3v) is 4.04. The van der Waals surface area contributed by atoms with E-state index in [0.29, 0.717) is 6.54 Å². The van der Waals surface area contributed by atoms with Crippen LogP contribution in [0.25, 0.3) is 5.69 Å². The lowest BCUT2D eigenvalue weighted by Crippen LogP contribution is -2.31. The van der Waals surface area contributed by atoms with Gasteiger partial charge in [-0.3, -0.25) is 9.36 Å². The molecule has 0 radical (unpaired) electrons. The fraction of sp³-hybridized carbons (Fsp3) is 0.250. The van der Waals surface area contributed by atoms with Crippen LogP contribution in [0.5, 0.6) is 0 Å². The van der Waals surface area contributed by atoms with Gasteiger partial charge in [-0.2, -0.15) is 0 Å². The molecule has 1 aromatic heterocycles. The molecule has 1 aromatic carbocycles. The van der Waals surface area contributed by atoms with Crippen LogP contribution in [0.1, 0.15) is 12.5 Å². The van der Waals surface area contributed by atoms with E-state index >= 15 is 0 Å². The second-order valence-corrected chi connectivity index (χ2v) is 6.02. The van der Waals surface area contributed by atoms with Gasteiger partial charge in [0.25, 0.3) is 0 Å². The minimum Gasteiger partial charge on any atom is -0.352 e. The van der Waals surface area contributed by atoms with Crippen molar-refractivity contribution in [2.45, 2.75) is 24.3 Å². The number of nitrogens with zero attached hydrogens (tertiary/aromatic N) is 2. The molecule has 0 saturated carbocycles. The van der Waals surface area contributed by atoms with Gasteiger partial charge in [-0.05, 0) is 31.5 Å². The van der Waals surface area contributed by atoms with Gasteiger partial charge in [0.2, 0.25) is 5.91 Å². The van der Waals surface area contributed by atoms with E-state index < -0.39 is 0 Å². The number of carbonyl (C=O) groups excluding carboxylic acids is 1. The van der Waals surface area contributed by atoms with Gasteiger partial charge in [0.05, 0.1) is 5.25 Å². The Labute approximate surface area is 129 Å². The van der Waals surface area contributed by atoms with Gasteiger partial charge in [-0.25, -0.2) is 4.98 Å². The SMILES string of the molecule is C=CCNC(=O)[C@@H](C)Sc1nccn1-c1cccc(C)c1. The minimum absolute atomic E-state index is 0.0151. The third-order valence-electron chi connectivity index (χ3n) is 2.96. The maximum absolute atomic E-state index is 11.9. The molecule has 1 atom stereocenters. The zero-order valence-corrected chi connectivity index (χ0v) is 13.1. The minimum atomic E-state index is -0.212. The number of nitrogens with one attached hydrogen (secondary N) is 1. The Morgan fingerprint density at radius 3 is 3.10 bits per heavy atom. The summed E-state index contributed by atoms with van der Waals surface area (Å²) in [6, 6.07) is 8.19. The number of aromatic nitrogens is 2. The van der Waals surface area contributed by atoms with Crippen molar-refractivity contribution in [2.24, 2.45) is 0 Å². The topological polar surface area (TPSA) is 46.9 Å². The number of carbonyl (C=O) groups is 1. The molecule has 2 aromatic rings. The van der Waals surface area contributed by atoms with Crippen LogP contribution in [0.15, 0.2) is 54.5 Å². The lowest BCUT2D eigenvalue weighted by atomic mass is 10.2. The molecule has 0 spiro atoms. The first-order chi connectivity index (χ1) is 10.1. The number of aryl methyl sites for hydroxylation is 1. The summed E-state index contributed by atoms with van der Waals surface area (Å²) >= 11 is 1.44. The second kappa shape index (κ2) is 7.13. The van der Waals surface area contributed by atoms with Crippen molar-refractivity contribution in [2.75, 3.05) is 6.54 Å². The first-order valence-corrected chi connectivity index (χ1v) is 7.65. The van der Waals surface area contributed by atoms with E-state index in [-0.39, 0.29) is 11.2 Å². The summed E-state index contributed by atoms with van der Waals surface area (Å²) in [6.45, 7) is 8.00. The van der Waals surface area contributed by atoms with E-state index in [9.17, 15) is 4.79 Å². The van der Waals surface area contributed by atoms with Gasteiger partial charge in [-0.15, -0.1) is 6.58 Å². The van der Waals surface area contributed by atoms with Gasteiger partial charge in [-0.1, -0.05) is 30.0 Å². The number of amides is 1. The molecule has 0 aliphatic rings. The van der Waals surface area contributed by atoms with E-state index in [2.05, 4.69) is 35.9 Å². The molecule has 0 fully saturated rings. The van der Waals surface area contributed by atoms with Crippen molar-refractivity contribution < 1.29 is 4.79 Å². The van der Waals surface area contributed by atoms with Crippen molar-refractivity contribution in [1.82, 2.24) is 14.9 Å². The van der Waals surface area contributed by atoms with Gasteiger partial charge >= 0.3 is 0 Å². The zero-order valence-electron chi connectivity index (χ0n) is 12.2. The normalized spacial score (nSPS) is 11.9. The predicted octanol–water partition coefficient (Wildman–Crippen LogP) is 2.96. The molecule has 1 N–H and O–H groups in total.